The van der Waals surface area contributed by atoms with E-state index >= 15 is 0 Å². The van der Waals surface area contributed by atoms with Crippen molar-refractivity contribution < 1.29 is 9.90 Å². The van der Waals surface area contributed by atoms with Gasteiger partial charge in [-0.2, -0.15) is 0 Å². The van der Waals surface area contributed by atoms with Crippen LogP contribution >= 0.6 is 0 Å². The van der Waals surface area contributed by atoms with E-state index in [1.807, 2.05) is 0 Å². The number of hydrogen-bond donors (Lipinski definition) is 1. The van der Waals surface area contributed by atoms with Crippen LogP contribution in [0.2, 0.25) is 0 Å². The Labute approximate surface area is 119 Å². The maximum absolute atomic E-state index is 12.4. The van der Waals surface area contributed by atoms with Gasteiger partial charge in [-0.1, -0.05) is 0 Å². The van der Waals surface area contributed by atoms with Crippen LogP contribution in [0.3, 0.4) is 0 Å². The molecule has 8 nitrogen and oxygen atoms in total. The average molecular weight is 292 g/mol. The number of carbonyl (C=O) groups is 1. The van der Waals surface area contributed by atoms with E-state index in [1.165, 1.54) is 36.4 Å². The van der Waals surface area contributed by atoms with Crippen molar-refractivity contribution in [3.8, 4) is 0 Å². The topological polar surface area (TPSA) is 99.1 Å². The summed E-state index contributed by atoms with van der Waals surface area (Å²) >= 11 is 0. The van der Waals surface area contributed by atoms with Crippen LogP contribution in [0.4, 0.5) is 0 Å². The summed E-state index contributed by atoms with van der Waals surface area (Å²) in [4.78, 5) is 40.2. The van der Waals surface area contributed by atoms with Gasteiger partial charge < -0.3 is 9.67 Å². The van der Waals surface area contributed by atoms with Crippen molar-refractivity contribution in [1.29, 1.82) is 0 Å². The van der Waals surface area contributed by atoms with Crippen LogP contribution in [0, 0.1) is 0 Å². The van der Waals surface area contributed by atoms with Crippen LogP contribution < -0.4 is 11.2 Å². The highest BCUT2D eigenvalue weighted by Crippen LogP contribution is 2.35. The quantitative estimate of drug-likeness (QED) is 0.861. The third-order valence-corrected chi connectivity index (χ3v) is 4.01. The molecule has 0 amide bonds. The largest absolute Gasteiger partial charge is 0.480 e. The third kappa shape index (κ3) is 1.75. The molecule has 2 aromatic heterocycles. The minimum atomic E-state index is -1.33. The van der Waals surface area contributed by atoms with Crippen LogP contribution in [0.15, 0.2) is 15.9 Å². The van der Waals surface area contributed by atoms with E-state index in [1.54, 1.807) is 0 Å². The summed E-state index contributed by atoms with van der Waals surface area (Å²) in [5.74, 6) is -1.08. The summed E-state index contributed by atoms with van der Waals surface area (Å²) in [6, 6.07) is 0.0445. The van der Waals surface area contributed by atoms with Crippen molar-refractivity contribution in [3.63, 3.8) is 0 Å². The van der Waals surface area contributed by atoms with Gasteiger partial charge in [-0.25, -0.2) is 14.6 Å². The van der Waals surface area contributed by atoms with Gasteiger partial charge in [-0.15, -0.1) is 0 Å². The number of carboxylic acid groups (broad SMARTS) is 1. The van der Waals surface area contributed by atoms with Gasteiger partial charge in [-0.05, 0) is 26.7 Å². The molecule has 1 aliphatic carbocycles. The van der Waals surface area contributed by atoms with Crippen molar-refractivity contribution >= 4 is 17.1 Å². The van der Waals surface area contributed by atoms with Gasteiger partial charge >= 0.3 is 11.7 Å². The highest BCUT2D eigenvalue weighted by atomic mass is 16.4. The van der Waals surface area contributed by atoms with E-state index in [0.29, 0.717) is 0 Å². The van der Waals surface area contributed by atoms with Gasteiger partial charge in [0.15, 0.2) is 11.2 Å². The number of nitrogens with zero attached hydrogens (tertiary/aromatic N) is 4. The zero-order valence-corrected chi connectivity index (χ0v) is 12.0. The Morgan fingerprint density at radius 2 is 2.00 bits per heavy atom. The molecule has 1 aliphatic rings. The Balaban J connectivity index is 2.45. The summed E-state index contributed by atoms with van der Waals surface area (Å²) < 4.78 is 3.83. The molecular weight excluding hydrogens is 276 g/mol. The molecule has 2 aromatic rings. The molecule has 0 bridgehead atoms. The van der Waals surface area contributed by atoms with Crippen molar-refractivity contribution in [2.24, 2.45) is 7.05 Å². The normalized spacial score (nSPS) is 15.6. The lowest BCUT2D eigenvalue weighted by Gasteiger charge is -2.21. The third-order valence-electron chi connectivity index (χ3n) is 4.01. The minimum Gasteiger partial charge on any atom is -0.480 e. The molecule has 0 aliphatic heterocycles. The summed E-state index contributed by atoms with van der Waals surface area (Å²) in [7, 11) is 1.40. The number of hydrogen-bond acceptors (Lipinski definition) is 4. The van der Waals surface area contributed by atoms with E-state index in [-0.39, 0.29) is 17.2 Å². The van der Waals surface area contributed by atoms with Gasteiger partial charge in [0.25, 0.3) is 5.56 Å². The van der Waals surface area contributed by atoms with Crippen LogP contribution in [0.1, 0.15) is 32.7 Å². The van der Waals surface area contributed by atoms with Gasteiger partial charge in [0.1, 0.15) is 5.54 Å². The molecular formula is C13H16N4O4. The lowest BCUT2D eigenvalue weighted by Crippen LogP contribution is -2.41. The van der Waals surface area contributed by atoms with E-state index < -0.39 is 22.8 Å². The van der Waals surface area contributed by atoms with Crippen molar-refractivity contribution in [2.45, 2.75) is 38.3 Å². The number of rotatable bonds is 3. The highest BCUT2D eigenvalue weighted by Gasteiger charge is 2.35. The van der Waals surface area contributed by atoms with Crippen LogP contribution in [0.25, 0.3) is 11.2 Å². The smallest absolute Gasteiger partial charge is 0.332 e. The maximum atomic E-state index is 12.4. The molecule has 3 rings (SSSR count). The van der Waals surface area contributed by atoms with Crippen LogP contribution in [0.5, 0.6) is 0 Å². The fraction of sp³-hybridized carbons (Fsp3) is 0.538. The first-order chi connectivity index (χ1) is 9.76. The van der Waals surface area contributed by atoms with Crippen molar-refractivity contribution in [3.05, 3.63) is 27.2 Å². The Hall–Kier alpha value is -2.38. The van der Waals surface area contributed by atoms with E-state index in [0.717, 1.165) is 17.4 Å². The van der Waals surface area contributed by atoms with Crippen molar-refractivity contribution in [1.82, 2.24) is 18.7 Å². The van der Waals surface area contributed by atoms with Crippen molar-refractivity contribution in [2.75, 3.05) is 0 Å². The second-order valence-electron chi connectivity index (χ2n) is 5.90. The number of carboxylic acids is 1. The predicted molar refractivity (Wildman–Crippen MR) is 74.5 cm³/mol. The van der Waals surface area contributed by atoms with E-state index in [9.17, 15) is 19.5 Å². The lowest BCUT2D eigenvalue weighted by atomic mass is 10.1. The summed E-state index contributed by atoms with van der Waals surface area (Å²) in [5.41, 5.74) is -1.85. The molecule has 1 saturated carbocycles. The molecule has 0 saturated heterocycles. The summed E-state index contributed by atoms with van der Waals surface area (Å²) in [5, 5.41) is 9.35. The van der Waals surface area contributed by atoms with E-state index in [4.69, 9.17) is 0 Å². The summed E-state index contributed by atoms with van der Waals surface area (Å²) in [6.45, 7) is 2.98. The van der Waals surface area contributed by atoms with Gasteiger partial charge in [-0.3, -0.25) is 13.9 Å². The second kappa shape index (κ2) is 4.06. The molecule has 0 unspecified atom stereocenters. The Bertz CT molecular complexity index is 867. The molecule has 0 aromatic carbocycles. The first kappa shape index (κ1) is 13.6. The first-order valence-corrected chi connectivity index (χ1v) is 6.69. The second-order valence-corrected chi connectivity index (χ2v) is 5.90. The minimum absolute atomic E-state index is 0.0445. The number of imidazole rings is 1. The molecule has 21 heavy (non-hydrogen) atoms. The number of aromatic nitrogens is 4. The molecule has 0 atom stereocenters. The van der Waals surface area contributed by atoms with Gasteiger partial charge in [0, 0.05) is 13.1 Å². The number of fused-ring (bicyclic) bond motifs is 1. The molecule has 2 heterocycles. The molecule has 112 valence electrons. The average Bonchev–Trinajstić information content (AvgIpc) is 3.14. The maximum Gasteiger partial charge on any atom is 0.332 e. The summed E-state index contributed by atoms with van der Waals surface area (Å²) in [6.07, 6.45) is 3.04. The first-order valence-electron chi connectivity index (χ1n) is 6.69. The molecule has 1 N–H and O–H groups in total. The Morgan fingerprint density at radius 3 is 2.52 bits per heavy atom. The highest BCUT2D eigenvalue weighted by molar-refractivity contribution is 5.80. The van der Waals surface area contributed by atoms with Crippen LogP contribution in [-0.4, -0.2) is 29.8 Å². The zero-order valence-electron chi connectivity index (χ0n) is 12.0. The Kier molecular flexibility index (Phi) is 2.63. The molecule has 0 radical (unpaired) electrons. The predicted octanol–water partition coefficient (Wildman–Crippen LogP) is 0.0513. The molecule has 1 fully saturated rings. The number of aliphatic carboxylic acids is 1. The van der Waals surface area contributed by atoms with Gasteiger partial charge in [0.2, 0.25) is 0 Å². The standard InChI is InChI=1S/C13H16N4O4/c1-13(2,11(19)20)16-6-14-9-8(16)10(18)15(3)12(21)17(9)7-4-5-7/h6-7H,4-5H2,1-3H3,(H,19,20). The van der Waals surface area contributed by atoms with Gasteiger partial charge in [0.05, 0.1) is 6.33 Å². The van der Waals surface area contributed by atoms with Crippen LogP contribution in [-0.2, 0) is 17.4 Å². The zero-order chi connectivity index (χ0) is 15.5. The monoisotopic (exact) mass is 292 g/mol. The van der Waals surface area contributed by atoms with E-state index in [2.05, 4.69) is 4.98 Å². The molecule has 0 spiro atoms. The SMILES string of the molecule is Cn1c(=O)c2c(ncn2C(C)(C)C(=O)O)n(C2CC2)c1=O. The molecule has 8 heteroatoms. The fourth-order valence-electron chi connectivity index (χ4n) is 2.40. The Morgan fingerprint density at radius 1 is 1.38 bits per heavy atom. The fourth-order valence-corrected chi connectivity index (χ4v) is 2.40. The lowest BCUT2D eigenvalue weighted by molar-refractivity contribution is -0.145.